The van der Waals surface area contributed by atoms with Gasteiger partial charge in [-0.3, -0.25) is 10.4 Å². The van der Waals surface area contributed by atoms with E-state index in [4.69, 9.17) is 17.0 Å². The van der Waals surface area contributed by atoms with Gasteiger partial charge in [-0.05, 0) is 45.4 Å². The summed E-state index contributed by atoms with van der Waals surface area (Å²) in [6.07, 6.45) is 2.62. The Hall–Kier alpha value is -4.76. The lowest BCUT2D eigenvalue weighted by Crippen LogP contribution is -2.27. The predicted octanol–water partition coefficient (Wildman–Crippen LogP) is 6.34. The smallest absolute Gasteiger partial charge is 0.380 e. The SMILES string of the molecule is CC(C)N/C(=C\C(=N)Cl)c1ncnc(N(CC#Cc2ccncc2)Cc2ccc(-c3nc(C(F)(F)F)cn3C(C)C)cc2)n1. The minimum atomic E-state index is -4.54. The maximum Gasteiger partial charge on any atom is 0.434 e. The Balaban J connectivity index is 1.67. The maximum absolute atomic E-state index is 13.4. The van der Waals surface area contributed by atoms with Crippen molar-refractivity contribution in [3.8, 4) is 23.2 Å². The summed E-state index contributed by atoms with van der Waals surface area (Å²) in [5, 5.41) is 10.7. The topological polar surface area (TPSA) is 109 Å². The van der Waals surface area contributed by atoms with Crippen LogP contribution in [0.3, 0.4) is 0 Å². The number of nitrogens with zero attached hydrogens (tertiary/aromatic N) is 7. The number of pyridine rings is 1. The lowest BCUT2D eigenvalue weighted by molar-refractivity contribution is -0.140. The first-order valence-electron chi connectivity index (χ1n) is 13.7. The molecule has 3 heterocycles. The van der Waals surface area contributed by atoms with Gasteiger partial charge in [-0.2, -0.15) is 18.2 Å². The first kappa shape index (κ1) is 32.2. The highest BCUT2D eigenvalue weighted by Gasteiger charge is 2.35. The molecule has 0 atom stereocenters. The van der Waals surface area contributed by atoms with Crippen LogP contribution in [0.25, 0.3) is 17.1 Å². The molecule has 9 nitrogen and oxygen atoms in total. The number of alkyl halides is 3. The van der Waals surface area contributed by atoms with E-state index in [0.29, 0.717) is 29.6 Å². The van der Waals surface area contributed by atoms with Gasteiger partial charge in [0.2, 0.25) is 5.95 Å². The third-order valence-corrected chi connectivity index (χ3v) is 6.25. The number of benzene rings is 1. The molecule has 44 heavy (non-hydrogen) atoms. The zero-order valence-corrected chi connectivity index (χ0v) is 25.3. The second-order valence-electron chi connectivity index (χ2n) is 10.4. The van der Waals surface area contributed by atoms with Gasteiger partial charge in [0.1, 0.15) is 17.3 Å². The van der Waals surface area contributed by atoms with Gasteiger partial charge in [0.15, 0.2) is 11.5 Å². The Morgan fingerprint density at radius 3 is 2.39 bits per heavy atom. The van der Waals surface area contributed by atoms with Crippen LogP contribution < -0.4 is 10.2 Å². The molecule has 0 fully saturated rings. The summed E-state index contributed by atoms with van der Waals surface area (Å²) in [7, 11) is 0. The molecule has 0 aliphatic rings. The quantitative estimate of drug-likeness (QED) is 0.157. The largest absolute Gasteiger partial charge is 0.434 e. The second-order valence-corrected chi connectivity index (χ2v) is 10.8. The zero-order chi connectivity index (χ0) is 31.9. The van der Waals surface area contributed by atoms with Gasteiger partial charge in [-0.25, -0.2) is 15.0 Å². The van der Waals surface area contributed by atoms with E-state index < -0.39 is 11.9 Å². The Kier molecular flexibility index (Phi) is 10.3. The molecule has 0 saturated heterocycles. The van der Waals surface area contributed by atoms with Crippen LogP contribution in [0.5, 0.6) is 0 Å². The van der Waals surface area contributed by atoms with Gasteiger partial charge in [-0.1, -0.05) is 47.7 Å². The van der Waals surface area contributed by atoms with Crippen molar-refractivity contribution in [2.24, 2.45) is 0 Å². The van der Waals surface area contributed by atoms with E-state index in [1.807, 2.05) is 30.9 Å². The van der Waals surface area contributed by atoms with Crippen LogP contribution >= 0.6 is 11.6 Å². The molecule has 0 aliphatic heterocycles. The molecule has 2 N–H and O–H groups in total. The summed E-state index contributed by atoms with van der Waals surface area (Å²) in [6.45, 7) is 8.08. The standard InChI is InChI=1S/C31H31ClF3N9/c1-20(2)40-25(16-27(32)36)28-38-19-39-30(42-28)43(15-5-6-22-11-13-37-14-12-22)17-23-7-9-24(10-8-23)29-41-26(31(33,34)35)18-44(29)21(3)4/h7-14,16,18-21,36,40H,15,17H2,1-4H3/b25-16-,36-27?. The van der Waals surface area contributed by atoms with E-state index in [2.05, 4.69) is 42.1 Å². The van der Waals surface area contributed by atoms with Gasteiger partial charge in [0.05, 0.1) is 12.2 Å². The number of rotatable bonds is 10. The highest BCUT2D eigenvalue weighted by atomic mass is 35.5. The van der Waals surface area contributed by atoms with Crippen LogP contribution in [-0.4, -0.2) is 47.2 Å². The molecule has 0 aliphatic carbocycles. The van der Waals surface area contributed by atoms with Crippen LogP contribution in [0, 0.1) is 17.3 Å². The highest BCUT2D eigenvalue weighted by molar-refractivity contribution is 6.68. The molecule has 4 aromatic rings. The molecule has 4 rings (SSSR count). The van der Waals surface area contributed by atoms with Gasteiger partial charge in [-0.15, -0.1) is 0 Å². The van der Waals surface area contributed by atoms with Crippen LogP contribution in [-0.2, 0) is 12.7 Å². The Morgan fingerprint density at radius 2 is 1.77 bits per heavy atom. The fourth-order valence-corrected chi connectivity index (χ4v) is 4.27. The van der Waals surface area contributed by atoms with Crippen molar-refractivity contribution >= 4 is 28.4 Å². The lowest BCUT2D eigenvalue weighted by Gasteiger charge is -2.21. The minimum Gasteiger partial charge on any atom is -0.380 e. The summed E-state index contributed by atoms with van der Waals surface area (Å²) < 4.78 is 41.7. The number of hydrogen-bond donors (Lipinski definition) is 2. The molecule has 13 heteroatoms. The summed E-state index contributed by atoms with van der Waals surface area (Å²) in [5.41, 5.74) is 1.74. The first-order chi connectivity index (χ1) is 20.9. The van der Waals surface area contributed by atoms with Crippen molar-refractivity contribution in [1.82, 2.24) is 34.8 Å². The monoisotopic (exact) mass is 621 g/mol. The van der Waals surface area contributed by atoms with Crippen LogP contribution in [0.4, 0.5) is 19.1 Å². The van der Waals surface area contributed by atoms with Crippen LogP contribution in [0.15, 0.2) is 67.4 Å². The highest BCUT2D eigenvalue weighted by Crippen LogP contribution is 2.32. The summed E-state index contributed by atoms with van der Waals surface area (Å²) in [6, 6.07) is 10.6. The molecule has 0 unspecified atom stereocenters. The first-order valence-corrected chi connectivity index (χ1v) is 14.1. The molecule has 0 saturated carbocycles. The number of allylic oxidation sites excluding steroid dienone is 1. The Labute approximate surface area is 258 Å². The molecule has 0 amide bonds. The molecule has 1 aromatic carbocycles. The number of anilines is 1. The van der Waals surface area contributed by atoms with Crippen LogP contribution in [0.1, 0.15) is 56.4 Å². The summed E-state index contributed by atoms with van der Waals surface area (Å²) in [5.74, 6) is 7.14. The molecule has 0 radical (unpaired) electrons. The van der Waals surface area contributed by atoms with Gasteiger partial charge >= 0.3 is 6.18 Å². The van der Waals surface area contributed by atoms with Crippen molar-refractivity contribution in [1.29, 1.82) is 5.41 Å². The van der Waals surface area contributed by atoms with E-state index in [1.165, 1.54) is 17.0 Å². The van der Waals surface area contributed by atoms with E-state index in [-0.39, 0.29) is 29.6 Å². The van der Waals surface area contributed by atoms with Crippen molar-refractivity contribution in [3.05, 3.63) is 90.0 Å². The summed E-state index contributed by atoms with van der Waals surface area (Å²) >= 11 is 5.85. The molecular weight excluding hydrogens is 591 g/mol. The Bertz CT molecular complexity index is 1670. The lowest BCUT2D eigenvalue weighted by atomic mass is 10.1. The Morgan fingerprint density at radius 1 is 1.07 bits per heavy atom. The maximum atomic E-state index is 13.4. The number of hydrogen-bond acceptors (Lipinski definition) is 8. The number of halogens is 4. The van der Waals surface area contributed by atoms with Crippen molar-refractivity contribution in [3.63, 3.8) is 0 Å². The van der Waals surface area contributed by atoms with Gasteiger partial charge in [0.25, 0.3) is 0 Å². The third kappa shape index (κ3) is 8.64. The molecule has 0 spiro atoms. The van der Waals surface area contributed by atoms with E-state index in [0.717, 1.165) is 17.3 Å². The van der Waals surface area contributed by atoms with Gasteiger partial charge in [0, 0.05) is 54.4 Å². The van der Waals surface area contributed by atoms with Crippen LogP contribution in [0.2, 0.25) is 0 Å². The minimum absolute atomic E-state index is 0.0248. The summed E-state index contributed by atoms with van der Waals surface area (Å²) in [4.78, 5) is 23.1. The van der Waals surface area contributed by atoms with Gasteiger partial charge < -0.3 is 14.8 Å². The zero-order valence-electron chi connectivity index (χ0n) is 24.6. The molecule has 0 bridgehead atoms. The molecule has 228 valence electrons. The van der Waals surface area contributed by atoms with Crippen molar-refractivity contribution in [2.75, 3.05) is 11.4 Å². The fraction of sp³-hybridized carbons (Fsp3) is 0.290. The number of imidazole rings is 1. The van der Waals surface area contributed by atoms with E-state index in [9.17, 15) is 13.2 Å². The normalized spacial score (nSPS) is 11.8. The average molecular weight is 622 g/mol. The van der Waals surface area contributed by atoms with E-state index >= 15 is 0 Å². The third-order valence-electron chi connectivity index (χ3n) is 6.15. The molecular formula is C31H31ClF3N9. The average Bonchev–Trinajstić information content (AvgIpc) is 3.44. The van der Waals surface area contributed by atoms with Crippen molar-refractivity contribution in [2.45, 2.75) is 52.5 Å². The predicted molar refractivity (Wildman–Crippen MR) is 165 cm³/mol. The molecule has 3 aromatic heterocycles. The second kappa shape index (κ2) is 14.1. The number of aromatic nitrogens is 6. The van der Waals surface area contributed by atoms with E-state index in [1.54, 1.807) is 50.5 Å². The number of nitrogens with one attached hydrogen (secondary N) is 2. The van der Waals surface area contributed by atoms with Crippen molar-refractivity contribution < 1.29 is 13.2 Å². The fourth-order valence-electron chi connectivity index (χ4n) is 4.16.